The summed E-state index contributed by atoms with van der Waals surface area (Å²) in [5, 5.41) is 0. The van der Waals surface area contributed by atoms with Crippen molar-refractivity contribution >= 4 is 17.1 Å². The van der Waals surface area contributed by atoms with Crippen LogP contribution in [0.2, 0.25) is 0 Å². The maximum absolute atomic E-state index is 12.6. The highest BCUT2D eigenvalue weighted by Gasteiger charge is 2.29. The Labute approximate surface area is 131 Å². The zero-order valence-electron chi connectivity index (χ0n) is 13.2. The minimum Gasteiger partial charge on any atom is -0.378 e. The van der Waals surface area contributed by atoms with E-state index in [1.54, 1.807) is 7.05 Å². The number of nitrogens with zero attached hydrogens (tertiary/aromatic N) is 5. The topological polar surface area (TPSA) is 86.8 Å². The van der Waals surface area contributed by atoms with E-state index in [-0.39, 0.29) is 17.4 Å². The molecule has 4 heterocycles. The van der Waals surface area contributed by atoms with Crippen LogP contribution in [-0.2, 0) is 30.1 Å². The summed E-state index contributed by atoms with van der Waals surface area (Å²) < 4.78 is 15.2. The highest BCUT2D eigenvalue weighted by atomic mass is 16.6. The van der Waals surface area contributed by atoms with Crippen LogP contribution in [0.25, 0.3) is 11.2 Å². The second-order valence-corrected chi connectivity index (χ2v) is 5.96. The van der Waals surface area contributed by atoms with E-state index >= 15 is 0 Å². The Morgan fingerprint density at radius 3 is 2.52 bits per heavy atom. The molecule has 0 spiro atoms. The fourth-order valence-corrected chi connectivity index (χ4v) is 2.99. The molecule has 2 saturated heterocycles. The summed E-state index contributed by atoms with van der Waals surface area (Å²) in [5.41, 5.74) is 0.172. The fraction of sp³-hybridized carbons (Fsp3) is 0.643. The second-order valence-electron chi connectivity index (χ2n) is 5.96. The standard InChI is InChI=1S/C14H19N5O4/c1-16-11-10(12(20)17(2)14(16)21)19(7-9-8-23-9)13(15-11)18-3-5-22-6-4-18/h9H,3-8H2,1-2H3. The van der Waals surface area contributed by atoms with E-state index in [0.29, 0.717) is 56.6 Å². The van der Waals surface area contributed by atoms with E-state index in [1.165, 1.54) is 11.6 Å². The van der Waals surface area contributed by atoms with Crippen LogP contribution in [0.1, 0.15) is 0 Å². The number of hydrogen-bond donors (Lipinski definition) is 0. The van der Waals surface area contributed by atoms with E-state index < -0.39 is 0 Å². The SMILES string of the molecule is Cn1c(=O)c2c(nc(N3CCOCC3)n2CC2CO2)n(C)c1=O. The van der Waals surface area contributed by atoms with Crippen molar-refractivity contribution in [3.63, 3.8) is 0 Å². The molecule has 0 bridgehead atoms. The van der Waals surface area contributed by atoms with Gasteiger partial charge in [0, 0.05) is 27.2 Å². The van der Waals surface area contributed by atoms with Crippen LogP contribution in [0.4, 0.5) is 5.95 Å². The molecule has 1 unspecified atom stereocenters. The number of aryl methyl sites for hydroxylation is 1. The Morgan fingerprint density at radius 1 is 1.17 bits per heavy atom. The second kappa shape index (κ2) is 5.20. The Morgan fingerprint density at radius 2 is 1.87 bits per heavy atom. The van der Waals surface area contributed by atoms with Crippen LogP contribution in [0, 0.1) is 0 Å². The number of anilines is 1. The van der Waals surface area contributed by atoms with E-state index in [1.807, 2.05) is 4.57 Å². The van der Waals surface area contributed by atoms with E-state index in [2.05, 4.69) is 9.88 Å². The summed E-state index contributed by atoms with van der Waals surface area (Å²) in [7, 11) is 3.13. The van der Waals surface area contributed by atoms with Gasteiger partial charge in [-0.05, 0) is 0 Å². The van der Waals surface area contributed by atoms with Gasteiger partial charge in [0.15, 0.2) is 11.2 Å². The van der Waals surface area contributed by atoms with Gasteiger partial charge >= 0.3 is 5.69 Å². The molecular formula is C14H19N5O4. The van der Waals surface area contributed by atoms with Gasteiger partial charge in [-0.25, -0.2) is 4.79 Å². The summed E-state index contributed by atoms with van der Waals surface area (Å²) in [5.74, 6) is 0.706. The van der Waals surface area contributed by atoms with E-state index in [9.17, 15) is 9.59 Å². The van der Waals surface area contributed by atoms with Crippen molar-refractivity contribution in [2.45, 2.75) is 12.6 Å². The van der Waals surface area contributed by atoms with Crippen LogP contribution in [0.3, 0.4) is 0 Å². The van der Waals surface area contributed by atoms with Gasteiger partial charge in [-0.2, -0.15) is 4.98 Å². The first kappa shape index (κ1) is 14.5. The zero-order chi connectivity index (χ0) is 16.1. The molecule has 0 aliphatic carbocycles. The lowest BCUT2D eigenvalue weighted by atomic mass is 10.4. The molecule has 0 N–H and O–H groups in total. The Kier molecular flexibility index (Phi) is 3.27. The van der Waals surface area contributed by atoms with Gasteiger partial charge in [-0.15, -0.1) is 0 Å². The number of epoxide rings is 1. The average molecular weight is 321 g/mol. The predicted molar refractivity (Wildman–Crippen MR) is 83.0 cm³/mol. The van der Waals surface area contributed by atoms with Crippen molar-refractivity contribution < 1.29 is 9.47 Å². The average Bonchev–Trinajstić information content (AvgIpc) is 3.31. The molecular weight excluding hydrogens is 302 g/mol. The lowest BCUT2D eigenvalue weighted by molar-refractivity contribution is 0.121. The van der Waals surface area contributed by atoms with E-state index in [0.717, 1.165) is 4.57 Å². The van der Waals surface area contributed by atoms with Crippen molar-refractivity contribution in [2.75, 3.05) is 37.8 Å². The molecule has 2 aromatic heterocycles. The molecule has 2 fully saturated rings. The third kappa shape index (κ3) is 2.27. The molecule has 0 aromatic carbocycles. The molecule has 124 valence electrons. The van der Waals surface area contributed by atoms with Gasteiger partial charge in [-0.1, -0.05) is 0 Å². The maximum atomic E-state index is 12.6. The van der Waals surface area contributed by atoms with Gasteiger partial charge in [0.1, 0.15) is 0 Å². The zero-order valence-corrected chi connectivity index (χ0v) is 13.2. The molecule has 9 heteroatoms. The molecule has 2 aliphatic rings. The number of ether oxygens (including phenoxy) is 2. The Hall–Kier alpha value is -2.13. The number of hydrogen-bond acceptors (Lipinski definition) is 6. The van der Waals surface area contributed by atoms with Gasteiger partial charge in [0.05, 0.1) is 32.5 Å². The summed E-state index contributed by atoms with van der Waals surface area (Å²) >= 11 is 0. The first-order valence-corrected chi connectivity index (χ1v) is 7.68. The Balaban J connectivity index is 1.97. The monoisotopic (exact) mass is 321 g/mol. The van der Waals surface area contributed by atoms with Crippen molar-refractivity contribution in [2.24, 2.45) is 14.1 Å². The number of fused-ring (bicyclic) bond motifs is 1. The summed E-state index contributed by atoms with van der Waals surface area (Å²) in [4.78, 5) is 31.5. The van der Waals surface area contributed by atoms with Crippen LogP contribution < -0.4 is 16.1 Å². The molecule has 2 aromatic rings. The molecule has 4 rings (SSSR count). The molecule has 0 amide bonds. The van der Waals surface area contributed by atoms with Crippen molar-refractivity contribution in [1.82, 2.24) is 18.7 Å². The first-order chi connectivity index (χ1) is 11.1. The summed E-state index contributed by atoms with van der Waals surface area (Å²) in [6.07, 6.45) is 0.106. The van der Waals surface area contributed by atoms with Gasteiger partial charge in [-0.3, -0.25) is 13.9 Å². The molecule has 1 atom stereocenters. The largest absolute Gasteiger partial charge is 0.378 e. The number of morpholine rings is 1. The predicted octanol–water partition coefficient (Wildman–Crippen LogP) is -1.33. The maximum Gasteiger partial charge on any atom is 0.332 e. The highest BCUT2D eigenvalue weighted by Crippen LogP contribution is 2.24. The van der Waals surface area contributed by atoms with Gasteiger partial charge in [0.25, 0.3) is 5.56 Å². The number of rotatable bonds is 3. The number of aromatic nitrogens is 4. The van der Waals surface area contributed by atoms with Crippen LogP contribution in [0.5, 0.6) is 0 Å². The molecule has 2 aliphatic heterocycles. The third-order valence-corrected chi connectivity index (χ3v) is 4.41. The normalized spacial score (nSPS) is 21.1. The minimum atomic E-state index is -0.372. The Bertz CT molecular complexity index is 870. The van der Waals surface area contributed by atoms with Crippen LogP contribution in [0.15, 0.2) is 9.59 Å². The quantitative estimate of drug-likeness (QED) is 0.651. The van der Waals surface area contributed by atoms with E-state index in [4.69, 9.17) is 9.47 Å². The lowest BCUT2D eigenvalue weighted by Crippen LogP contribution is -2.39. The van der Waals surface area contributed by atoms with Gasteiger partial charge < -0.3 is 18.9 Å². The third-order valence-electron chi connectivity index (χ3n) is 4.41. The molecule has 23 heavy (non-hydrogen) atoms. The number of imidazole rings is 1. The summed E-state index contributed by atoms with van der Waals surface area (Å²) in [6.45, 7) is 3.93. The summed E-state index contributed by atoms with van der Waals surface area (Å²) in [6, 6.07) is 0. The van der Waals surface area contributed by atoms with Crippen LogP contribution in [-0.4, -0.2) is 57.7 Å². The minimum absolute atomic E-state index is 0.106. The van der Waals surface area contributed by atoms with Gasteiger partial charge in [0.2, 0.25) is 5.95 Å². The first-order valence-electron chi connectivity index (χ1n) is 7.68. The van der Waals surface area contributed by atoms with Crippen LogP contribution >= 0.6 is 0 Å². The van der Waals surface area contributed by atoms with Crippen molar-refractivity contribution in [1.29, 1.82) is 0 Å². The smallest absolute Gasteiger partial charge is 0.332 e. The molecule has 9 nitrogen and oxygen atoms in total. The highest BCUT2D eigenvalue weighted by molar-refractivity contribution is 5.74. The fourth-order valence-electron chi connectivity index (χ4n) is 2.99. The molecule has 0 radical (unpaired) electrons. The molecule has 0 saturated carbocycles. The van der Waals surface area contributed by atoms with Crippen molar-refractivity contribution in [3.05, 3.63) is 20.8 Å². The lowest BCUT2D eigenvalue weighted by Gasteiger charge is -2.28. The van der Waals surface area contributed by atoms with Crippen molar-refractivity contribution in [3.8, 4) is 0 Å².